The van der Waals surface area contributed by atoms with Gasteiger partial charge in [-0.15, -0.1) is 0 Å². The molecule has 0 spiro atoms. The molecule has 0 saturated carbocycles. The van der Waals surface area contributed by atoms with Crippen LogP contribution in [-0.4, -0.2) is 63.9 Å². The first-order valence-electron chi connectivity index (χ1n) is 10.7. The van der Waals surface area contributed by atoms with Crippen molar-refractivity contribution in [2.75, 3.05) is 25.7 Å². The molecule has 15 heteroatoms. The van der Waals surface area contributed by atoms with Gasteiger partial charge in [0.2, 0.25) is 13.6 Å². The fourth-order valence-electron chi connectivity index (χ4n) is 2.54. The van der Waals surface area contributed by atoms with Gasteiger partial charge in [-0.1, -0.05) is 0 Å². The summed E-state index contributed by atoms with van der Waals surface area (Å²) in [6, 6.07) is 0. The average molecular weight is 517 g/mol. The van der Waals surface area contributed by atoms with Gasteiger partial charge in [0.1, 0.15) is 18.2 Å². The van der Waals surface area contributed by atoms with Crippen molar-refractivity contribution in [3.05, 3.63) is 25.2 Å². The maximum atomic E-state index is 13.2. The smallest absolute Gasteiger partial charge is 0.463 e. The van der Waals surface area contributed by atoms with Crippen LogP contribution in [0.3, 0.4) is 0 Å². The van der Waals surface area contributed by atoms with Crippen LogP contribution in [-0.2, 0) is 43.8 Å². The van der Waals surface area contributed by atoms with E-state index in [-0.39, 0.29) is 17.9 Å². The number of anilines is 1. The van der Waals surface area contributed by atoms with Crippen molar-refractivity contribution in [3.8, 4) is 0 Å². The molecule has 2 N–H and O–H groups in total. The number of hydrogen-bond donors (Lipinski definition) is 1. The quantitative estimate of drug-likeness (QED) is 0.158. The minimum absolute atomic E-state index is 0.0224. The van der Waals surface area contributed by atoms with Crippen LogP contribution in [0.5, 0.6) is 0 Å². The Morgan fingerprint density at radius 2 is 1.71 bits per heavy atom. The zero-order chi connectivity index (χ0) is 26.0. The van der Waals surface area contributed by atoms with Gasteiger partial charge in [0.25, 0.3) is 5.95 Å². The first-order valence-corrected chi connectivity index (χ1v) is 12.4. The van der Waals surface area contributed by atoms with Gasteiger partial charge in [-0.3, -0.25) is 13.6 Å². The van der Waals surface area contributed by atoms with Crippen LogP contribution in [0, 0.1) is 0 Å². The number of nitrogens with zero attached hydrogens (tertiary/aromatic N) is 4. The number of fused-ring (bicyclic) bond motifs is 1. The number of hydrogen-bond acceptors (Lipinski definition) is 13. The van der Waals surface area contributed by atoms with Gasteiger partial charge in [0.05, 0.1) is 31.2 Å². The maximum absolute atomic E-state index is 13.2. The Hall–Kier alpha value is -2.93. The van der Waals surface area contributed by atoms with E-state index >= 15 is 0 Å². The van der Waals surface area contributed by atoms with E-state index in [1.807, 2.05) is 0 Å². The Kier molecular flexibility index (Phi) is 10.7. The van der Waals surface area contributed by atoms with Crippen LogP contribution in [0.15, 0.2) is 25.2 Å². The summed E-state index contributed by atoms with van der Waals surface area (Å²) >= 11 is 0. The Bertz CT molecular complexity index is 998. The lowest BCUT2D eigenvalue weighted by molar-refractivity contribution is -0.0583. The maximum Gasteiger partial charge on any atom is 0.510 e. The van der Waals surface area contributed by atoms with Crippen LogP contribution < -0.4 is 5.73 Å². The number of carbonyl (C=O) groups is 1. The summed E-state index contributed by atoms with van der Waals surface area (Å²) in [6.45, 7) is 11.3. The minimum atomic E-state index is -3.95. The number of nitrogen functional groups attached to an aromatic ring is 1. The summed E-state index contributed by atoms with van der Waals surface area (Å²) in [6.07, 6.45) is 0.384. The summed E-state index contributed by atoms with van der Waals surface area (Å²) in [5.41, 5.74) is 6.79. The molecule has 0 aromatic carbocycles. The van der Waals surface area contributed by atoms with E-state index in [1.54, 1.807) is 45.5 Å². The van der Waals surface area contributed by atoms with Crippen molar-refractivity contribution >= 4 is 30.7 Å². The van der Waals surface area contributed by atoms with E-state index < -0.39 is 45.9 Å². The summed E-state index contributed by atoms with van der Waals surface area (Å²) < 4.78 is 51.0. The highest BCUT2D eigenvalue weighted by atomic mass is 31.2. The number of aromatic nitrogens is 4. The Balaban J connectivity index is 1.95. The highest BCUT2D eigenvalue weighted by molar-refractivity contribution is 7.53. The third-order valence-corrected chi connectivity index (χ3v) is 5.46. The first kappa shape index (κ1) is 28.3. The molecule has 0 aliphatic heterocycles. The second-order valence-electron chi connectivity index (χ2n) is 7.78. The zero-order valence-electron chi connectivity index (χ0n) is 20.4. The largest absolute Gasteiger partial charge is 0.510 e. The molecule has 14 nitrogen and oxygen atoms in total. The fourth-order valence-corrected chi connectivity index (χ4v) is 3.63. The van der Waals surface area contributed by atoms with E-state index in [1.165, 1.54) is 6.33 Å². The SMILES string of the molecule is C=C(OCOP(=O)(CO[C@H](C)Cn1cnc2c(N)ncnc21)OCOC(=O)OC(C)C)OC(C)C. The number of ether oxygens (including phenoxy) is 5. The fraction of sp³-hybridized carbons (Fsp3) is 0.600. The number of rotatable bonds is 15. The molecule has 0 fully saturated rings. The summed E-state index contributed by atoms with van der Waals surface area (Å²) in [5.74, 6) is 0.235. The predicted octanol–water partition coefficient (Wildman–Crippen LogP) is 3.39. The molecule has 0 bridgehead atoms. The van der Waals surface area contributed by atoms with E-state index in [2.05, 4.69) is 21.5 Å². The second-order valence-corrected chi connectivity index (χ2v) is 9.78. The molecule has 1 unspecified atom stereocenters. The minimum Gasteiger partial charge on any atom is -0.463 e. The van der Waals surface area contributed by atoms with Crippen molar-refractivity contribution in [1.29, 1.82) is 0 Å². The summed E-state index contributed by atoms with van der Waals surface area (Å²) in [5, 5.41) is 0. The summed E-state index contributed by atoms with van der Waals surface area (Å²) in [7, 11) is -3.95. The van der Waals surface area contributed by atoms with Crippen LogP contribution in [0.25, 0.3) is 11.2 Å². The number of nitrogens with two attached hydrogens (primary N) is 1. The number of carbonyl (C=O) groups excluding carboxylic acids is 1. The highest BCUT2D eigenvalue weighted by Gasteiger charge is 2.28. The topological polar surface area (TPSA) is 168 Å². The molecular weight excluding hydrogens is 485 g/mol. The molecule has 0 radical (unpaired) electrons. The lowest BCUT2D eigenvalue weighted by Crippen LogP contribution is -2.19. The Morgan fingerprint density at radius 1 is 1.06 bits per heavy atom. The first-order chi connectivity index (χ1) is 16.5. The normalized spacial score (nSPS) is 14.0. The highest BCUT2D eigenvalue weighted by Crippen LogP contribution is 2.48. The standard InChI is InChI=1S/C20H32N5O9P/c1-13(2)33-16(6)28-10-31-35(27,32-11-29-20(26)34-14(3)4)12-30-15(5)7-25-9-24-17-18(21)22-8-23-19(17)25/h8-9,13-15H,6-7,10-12H2,1-5H3,(H2,21,22,23)/t15-,35?/m1/s1. The van der Waals surface area contributed by atoms with Crippen molar-refractivity contribution in [3.63, 3.8) is 0 Å². The predicted molar refractivity (Wildman–Crippen MR) is 124 cm³/mol. The molecule has 2 heterocycles. The summed E-state index contributed by atoms with van der Waals surface area (Å²) in [4.78, 5) is 23.8. The third kappa shape index (κ3) is 9.68. The lowest BCUT2D eigenvalue weighted by atomic mass is 10.4. The van der Waals surface area contributed by atoms with Gasteiger partial charge in [0, 0.05) is 0 Å². The van der Waals surface area contributed by atoms with Crippen molar-refractivity contribution in [2.45, 2.75) is 59.5 Å². The van der Waals surface area contributed by atoms with Gasteiger partial charge in [-0.05, 0) is 41.2 Å². The van der Waals surface area contributed by atoms with Crippen LogP contribution in [0.4, 0.5) is 10.6 Å². The molecule has 0 aliphatic carbocycles. The second kappa shape index (κ2) is 13.2. The third-order valence-electron chi connectivity index (χ3n) is 4.00. The number of imidazole rings is 1. The van der Waals surface area contributed by atoms with E-state index in [9.17, 15) is 9.36 Å². The molecular formula is C20H32N5O9P. The van der Waals surface area contributed by atoms with E-state index in [0.29, 0.717) is 17.7 Å². The Morgan fingerprint density at radius 3 is 2.37 bits per heavy atom. The molecule has 0 aliphatic rings. The van der Waals surface area contributed by atoms with Crippen LogP contribution in [0.1, 0.15) is 34.6 Å². The monoisotopic (exact) mass is 517 g/mol. The molecule has 0 saturated heterocycles. The van der Waals surface area contributed by atoms with E-state index in [4.69, 9.17) is 38.5 Å². The van der Waals surface area contributed by atoms with E-state index in [0.717, 1.165) is 0 Å². The molecule has 35 heavy (non-hydrogen) atoms. The molecule has 2 aromatic heterocycles. The molecule has 2 atom stereocenters. The van der Waals surface area contributed by atoms with Crippen molar-refractivity contribution in [2.24, 2.45) is 0 Å². The van der Waals surface area contributed by atoms with Crippen LogP contribution in [0.2, 0.25) is 0 Å². The Labute approximate surface area is 203 Å². The lowest BCUT2D eigenvalue weighted by Gasteiger charge is -2.21. The molecule has 2 aromatic rings. The van der Waals surface area contributed by atoms with Crippen molar-refractivity contribution < 1.29 is 42.1 Å². The van der Waals surface area contributed by atoms with Gasteiger partial charge in [-0.2, -0.15) is 0 Å². The molecule has 196 valence electrons. The molecule has 0 amide bonds. The van der Waals surface area contributed by atoms with Gasteiger partial charge in [0.15, 0.2) is 11.5 Å². The van der Waals surface area contributed by atoms with Crippen LogP contribution >= 0.6 is 7.60 Å². The molecule has 2 rings (SSSR count). The van der Waals surface area contributed by atoms with Gasteiger partial charge < -0.3 is 34.0 Å². The van der Waals surface area contributed by atoms with Gasteiger partial charge in [-0.25, -0.2) is 19.7 Å². The zero-order valence-corrected chi connectivity index (χ0v) is 21.3. The average Bonchev–Trinajstić information content (AvgIpc) is 3.15. The van der Waals surface area contributed by atoms with Gasteiger partial charge >= 0.3 is 13.8 Å². The van der Waals surface area contributed by atoms with Crippen molar-refractivity contribution in [1.82, 2.24) is 19.5 Å².